The van der Waals surface area contributed by atoms with Crippen LogP contribution in [0.15, 0.2) is 175 Å². The Bertz CT molecular complexity index is 6140. The van der Waals surface area contributed by atoms with Crippen molar-refractivity contribution in [3.8, 4) is 68.8 Å². The highest BCUT2D eigenvalue weighted by Gasteiger charge is 2.24. The molecule has 0 amide bonds. The van der Waals surface area contributed by atoms with Crippen LogP contribution >= 0.6 is 15.9 Å². The van der Waals surface area contributed by atoms with E-state index in [-0.39, 0.29) is 24.2 Å². The minimum absolute atomic E-state index is 0.237. The summed E-state index contributed by atoms with van der Waals surface area (Å²) in [5.41, 5.74) is 20.4. The highest BCUT2D eigenvalue weighted by molar-refractivity contribution is 9.10. The van der Waals surface area contributed by atoms with Crippen LogP contribution < -0.4 is 14.7 Å². The number of fused-ring (bicyclic) bond motifs is 4. The monoisotopic (exact) mass is 1670 g/mol. The Kier molecular flexibility index (Phi) is 24.5. The van der Waals surface area contributed by atoms with Crippen molar-refractivity contribution in [3.63, 3.8) is 0 Å². The van der Waals surface area contributed by atoms with E-state index in [9.17, 15) is 0 Å². The number of hydrogen-bond donors (Lipinski definition) is 0. The van der Waals surface area contributed by atoms with E-state index in [0.29, 0.717) is 11.9 Å². The Morgan fingerprint density at radius 2 is 0.650 bits per heavy atom. The van der Waals surface area contributed by atoms with Crippen molar-refractivity contribution in [1.29, 1.82) is 0 Å². The minimum Gasteiger partial charge on any atom is -0.378 e. The number of likely N-dealkylation sites (N-methyl/N-ethyl adjacent to an activating group) is 1. The van der Waals surface area contributed by atoms with Crippen LogP contribution in [0.4, 0.5) is 17.1 Å². The summed E-state index contributed by atoms with van der Waals surface area (Å²) in [6.07, 6.45) is 18.0. The standard InChI is InChI=1S/C25H31N7.C24H28N6O.C22H26N8O.C18H18BrN7/c1-5-22-21-10-11-23(27-25(21)31(28-22)18(2)3)24-12-13-26-32(24)20-8-6-19(7-9-20)30-16-14-29(4)15-17-30;1-4-21-20-9-10-22(26-24(20)29(27-21)17(2)3)23-11-12-25-30(23)19-7-5-18(6-8-19)28-13-15-31-16-14-28;1-4-18-17-5-6-19(25-21(17)30(27-18)15(2)3)20-7-8-29(26-20)22-23-13-16(14-24-22)28-9-11-31-12-10-28;1-4-14-13-5-6-15(22-17(13)26(24-14)11(2)3)16-7-8-25(23-16)18-20-9-12(19)10-21-18/h6-13,18H,5,14-17H2,1-4H3;5-12,17H,4,13-16H2,1-3H3;5-8,13-15H,4,9-12H2,1-3H3;5-11H,4H2,1-3H3. The molecule has 30 nitrogen and oxygen atoms in total. The summed E-state index contributed by atoms with van der Waals surface area (Å²) in [7, 11) is 2.18. The van der Waals surface area contributed by atoms with Gasteiger partial charge < -0.3 is 29.1 Å². The fourth-order valence-electron chi connectivity index (χ4n) is 15.3. The quantitative estimate of drug-likeness (QED) is 0.0727. The number of hydrogen-bond acceptors (Lipinski definition) is 22. The highest BCUT2D eigenvalue weighted by Crippen LogP contribution is 2.33. The van der Waals surface area contributed by atoms with Crippen LogP contribution in [0, 0.1) is 0 Å². The van der Waals surface area contributed by atoms with Gasteiger partial charge in [0.25, 0.3) is 11.9 Å². The smallest absolute Gasteiger partial charge is 0.250 e. The molecule has 120 heavy (non-hydrogen) atoms. The van der Waals surface area contributed by atoms with Crippen LogP contribution in [0.2, 0.25) is 0 Å². The van der Waals surface area contributed by atoms with Gasteiger partial charge in [0.1, 0.15) is 11.4 Å². The molecule has 16 aromatic rings. The third kappa shape index (κ3) is 17.2. The first-order valence-electron chi connectivity index (χ1n) is 41.7. The van der Waals surface area contributed by atoms with Crippen LogP contribution in [-0.2, 0) is 35.2 Å². The topological polar surface area (TPSA) is 277 Å². The van der Waals surface area contributed by atoms with Gasteiger partial charge in [0.05, 0.1) is 130 Å². The number of halogens is 1. The minimum atomic E-state index is 0.237. The van der Waals surface area contributed by atoms with Gasteiger partial charge in [-0.3, -0.25) is 0 Å². The zero-order valence-corrected chi connectivity index (χ0v) is 72.1. The summed E-state index contributed by atoms with van der Waals surface area (Å²) >= 11 is 3.34. The first-order valence-corrected chi connectivity index (χ1v) is 42.5. The van der Waals surface area contributed by atoms with Gasteiger partial charge in [-0.25, -0.2) is 77.3 Å². The second-order valence-electron chi connectivity index (χ2n) is 31.1. The molecule has 0 radical (unpaired) electrons. The molecule has 3 fully saturated rings. The molecule has 3 saturated heterocycles. The number of pyridine rings is 4. The second kappa shape index (κ2) is 36.1. The first-order chi connectivity index (χ1) is 58.4. The fraction of sp³-hybridized carbons (Fsp3) is 0.371. The number of aryl methyl sites for hydroxylation is 4. The Balaban J connectivity index is 0.000000119. The van der Waals surface area contributed by atoms with Crippen molar-refractivity contribution in [2.75, 3.05) is 101 Å². The van der Waals surface area contributed by atoms with Crippen LogP contribution in [-0.4, -0.2) is 209 Å². The number of aromatic nitrogens is 24. The Labute approximate surface area is 706 Å². The lowest BCUT2D eigenvalue weighted by Gasteiger charge is -2.34. The predicted molar refractivity (Wildman–Crippen MR) is 474 cm³/mol. The maximum atomic E-state index is 5.46. The van der Waals surface area contributed by atoms with Crippen molar-refractivity contribution in [2.24, 2.45) is 0 Å². The van der Waals surface area contributed by atoms with E-state index >= 15 is 0 Å². The number of piperazine rings is 1. The van der Waals surface area contributed by atoms with Gasteiger partial charge in [-0.1, -0.05) is 27.7 Å². The van der Waals surface area contributed by atoms with Gasteiger partial charge in [-0.05, 0) is 225 Å². The van der Waals surface area contributed by atoms with Crippen LogP contribution in [0.1, 0.15) is 130 Å². The molecule has 0 atom stereocenters. The van der Waals surface area contributed by atoms with Gasteiger partial charge in [0.2, 0.25) is 0 Å². The number of nitrogens with zero attached hydrogens (tertiary/aromatic N) is 28. The maximum absolute atomic E-state index is 5.46. The van der Waals surface area contributed by atoms with Gasteiger partial charge in [-0.2, -0.15) is 40.8 Å². The molecule has 0 bridgehead atoms. The SMILES string of the molecule is CCc1nn(C(C)C)c2nc(-c3ccn(-c4ncc(Br)cn4)n3)ccc12.CCc1nn(C(C)C)c2nc(-c3ccn(-c4ncc(N5CCOCC5)cn4)n3)ccc12.CCc1nn(C(C)C)c2nc(-c3ccnn3-c3ccc(N4CCN(C)CC4)cc3)ccc12.CCc1nn(C(C)C)c2nc(-c3ccnn3-c3ccc(N4CCOCC4)cc3)ccc12. The fourth-order valence-corrected chi connectivity index (χ4v) is 15.5. The average Bonchev–Trinajstić information content (AvgIpc) is 1.62. The molecule has 31 heteroatoms. The van der Waals surface area contributed by atoms with Crippen molar-refractivity contribution in [1.82, 2.24) is 123 Å². The highest BCUT2D eigenvalue weighted by atomic mass is 79.9. The molecule has 0 N–H and O–H groups in total. The van der Waals surface area contributed by atoms with E-state index in [1.165, 1.54) is 11.4 Å². The molecule has 0 saturated carbocycles. The van der Waals surface area contributed by atoms with Crippen LogP contribution in [0.25, 0.3) is 113 Å². The molecule has 0 unspecified atom stereocenters. The largest absolute Gasteiger partial charge is 0.378 e. The van der Waals surface area contributed by atoms with E-state index in [2.05, 4.69) is 251 Å². The maximum Gasteiger partial charge on any atom is 0.250 e. The number of benzene rings is 2. The van der Waals surface area contributed by atoms with Gasteiger partial charge in [-0.15, -0.1) is 0 Å². The summed E-state index contributed by atoms with van der Waals surface area (Å²) in [6.45, 7) is 36.5. The lowest BCUT2D eigenvalue weighted by molar-refractivity contribution is 0.122. The van der Waals surface area contributed by atoms with Gasteiger partial charge >= 0.3 is 0 Å². The van der Waals surface area contributed by atoms with Crippen molar-refractivity contribution >= 4 is 77.1 Å². The van der Waals surface area contributed by atoms with Crippen LogP contribution in [0.5, 0.6) is 0 Å². The third-order valence-electron chi connectivity index (χ3n) is 21.8. The Hall–Kier alpha value is -12.3. The summed E-state index contributed by atoms with van der Waals surface area (Å²) in [5, 5.41) is 41.9. The number of anilines is 3. The number of rotatable bonds is 19. The molecule has 0 spiro atoms. The number of morpholine rings is 2. The molecule has 14 aromatic heterocycles. The summed E-state index contributed by atoms with van der Waals surface area (Å²) in [5.74, 6) is 1.05. The van der Waals surface area contributed by atoms with Crippen molar-refractivity contribution in [3.05, 3.63) is 198 Å². The lowest BCUT2D eigenvalue weighted by atomic mass is 10.2. The number of ether oxygens (including phenoxy) is 2. The molecule has 17 heterocycles. The van der Waals surface area contributed by atoms with E-state index < -0.39 is 0 Å². The Morgan fingerprint density at radius 1 is 0.333 bits per heavy atom. The van der Waals surface area contributed by atoms with Crippen molar-refractivity contribution in [2.45, 2.75) is 133 Å². The van der Waals surface area contributed by atoms with E-state index in [1.807, 2.05) is 102 Å². The Morgan fingerprint density at radius 3 is 1.00 bits per heavy atom. The second-order valence-corrected chi connectivity index (χ2v) is 32.1. The van der Waals surface area contributed by atoms with E-state index in [1.54, 1.807) is 21.8 Å². The first kappa shape index (κ1) is 81.4. The molecule has 0 aliphatic carbocycles. The van der Waals surface area contributed by atoms with E-state index in [0.717, 1.165) is 238 Å². The molecule has 618 valence electrons. The summed E-state index contributed by atoms with van der Waals surface area (Å²) < 4.78 is 27.0. The van der Waals surface area contributed by atoms with E-state index in [4.69, 9.17) is 49.8 Å². The zero-order valence-electron chi connectivity index (χ0n) is 70.5. The predicted octanol–water partition coefficient (Wildman–Crippen LogP) is 15.5. The summed E-state index contributed by atoms with van der Waals surface area (Å²) in [4.78, 5) is 46.7. The summed E-state index contributed by atoms with van der Waals surface area (Å²) in [6, 6.07) is 42.7. The molecule has 3 aliphatic heterocycles. The van der Waals surface area contributed by atoms with Gasteiger partial charge in [0.15, 0.2) is 22.6 Å². The van der Waals surface area contributed by atoms with Gasteiger partial charge in [0, 0.05) is 134 Å². The normalized spacial score (nSPS) is 14.1. The molecular weight excluding hydrogens is 1570 g/mol. The third-order valence-corrected chi connectivity index (χ3v) is 22.2. The van der Waals surface area contributed by atoms with Crippen molar-refractivity contribution < 1.29 is 9.47 Å². The molecule has 2 aromatic carbocycles. The van der Waals surface area contributed by atoms with Crippen LogP contribution in [0.3, 0.4) is 0 Å². The molecular formula is C89H103BrN28O2. The lowest BCUT2D eigenvalue weighted by Crippen LogP contribution is -2.44. The zero-order chi connectivity index (χ0) is 83.2. The average molecular weight is 1680 g/mol. The molecule has 19 rings (SSSR count). The molecule has 3 aliphatic rings.